The highest BCUT2D eigenvalue weighted by Gasteiger charge is 2.23. The summed E-state index contributed by atoms with van der Waals surface area (Å²) < 4.78 is 14.2. The number of aryl methyl sites for hydroxylation is 1. The molecule has 0 N–H and O–H groups in total. The smallest absolute Gasteiger partial charge is 0.174 e. The van der Waals surface area contributed by atoms with Gasteiger partial charge in [-0.05, 0) is 36.2 Å². The number of benzene rings is 3. The Morgan fingerprint density at radius 3 is 2.74 bits per heavy atom. The minimum atomic E-state index is 0.0167. The molecule has 132 valence electrons. The van der Waals surface area contributed by atoms with Crippen molar-refractivity contribution in [2.75, 3.05) is 13.2 Å². The molecule has 0 spiro atoms. The number of hydrogen-bond acceptors (Lipinski definition) is 3. The second-order valence-electron chi connectivity index (χ2n) is 6.81. The summed E-state index contributed by atoms with van der Waals surface area (Å²) >= 11 is 0. The van der Waals surface area contributed by atoms with E-state index < -0.39 is 0 Å². The van der Waals surface area contributed by atoms with Crippen LogP contribution in [0.1, 0.15) is 5.56 Å². The fourth-order valence-electron chi connectivity index (χ4n) is 4.07. The lowest BCUT2D eigenvalue weighted by molar-refractivity contribution is 0.288. The van der Waals surface area contributed by atoms with Crippen LogP contribution in [0, 0.1) is 18.3 Å². The number of hydrogen-bond donors (Lipinski definition) is 0. The van der Waals surface area contributed by atoms with Crippen molar-refractivity contribution in [1.29, 1.82) is 5.26 Å². The molecule has 5 rings (SSSR count). The van der Waals surface area contributed by atoms with Gasteiger partial charge in [0.2, 0.25) is 0 Å². The highest BCUT2D eigenvalue weighted by atomic mass is 16.5. The van der Waals surface area contributed by atoms with Gasteiger partial charge < -0.3 is 14.0 Å². The molecule has 0 saturated carbocycles. The van der Waals surface area contributed by atoms with Gasteiger partial charge >= 0.3 is 0 Å². The van der Waals surface area contributed by atoms with Gasteiger partial charge in [0.25, 0.3) is 0 Å². The molecule has 0 bridgehead atoms. The molecule has 0 unspecified atom stereocenters. The summed E-state index contributed by atoms with van der Waals surface area (Å²) in [7, 11) is 0. The van der Waals surface area contributed by atoms with Gasteiger partial charge in [0.15, 0.2) is 12.4 Å². The third kappa shape index (κ3) is 2.36. The van der Waals surface area contributed by atoms with E-state index in [4.69, 9.17) is 14.7 Å². The molecular weight excluding hydrogens is 336 g/mol. The van der Waals surface area contributed by atoms with Crippen LogP contribution in [0.5, 0.6) is 11.5 Å². The predicted molar refractivity (Wildman–Crippen MR) is 106 cm³/mol. The molecule has 0 aliphatic carbocycles. The second kappa shape index (κ2) is 6.07. The van der Waals surface area contributed by atoms with E-state index in [1.165, 1.54) is 10.9 Å². The Labute approximate surface area is 157 Å². The zero-order chi connectivity index (χ0) is 18.4. The summed E-state index contributed by atoms with van der Waals surface area (Å²) in [6.45, 7) is 3.49. The maximum absolute atomic E-state index is 9.12. The van der Waals surface area contributed by atoms with Crippen molar-refractivity contribution in [1.82, 2.24) is 4.57 Å². The van der Waals surface area contributed by atoms with Crippen molar-refractivity contribution in [3.8, 4) is 28.7 Å². The van der Waals surface area contributed by atoms with Crippen molar-refractivity contribution in [3.63, 3.8) is 0 Å². The van der Waals surface area contributed by atoms with Crippen LogP contribution >= 0.6 is 0 Å². The monoisotopic (exact) mass is 354 g/mol. The van der Waals surface area contributed by atoms with Crippen molar-refractivity contribution in [2.45, 2.75) is 13.5 Å². The molecule has 0 fully saturated rings. The van der Waals surface area contributed by atoms with Gasteiger partial charge in [-0.1, -0.05) is 36.4 Å². The van der Waals surface area contributed by atoms with Crippen LogP contribution in [0.3, 0.4) is 0 Å². The lowest BCUT2D eigenvalue weighted by Crippen LogP contribution is -2.14. The first kappa shape index (κ1) is 15.8. The third-order valence-electron chi connectivity index (χ3n) is 5.12. The van der Waals surface area contributed by atoms with E-state index in [-0.39, 0.29) is 6.61 Å². The quantitative estimate of drug-likeness (QED) is 0.516. The third-order valence-corrected chi connectivity index (χ3v) is 5.12. The van der Waals surface area contributed by atoms with Crippen LogP contribution in [-0.4, -0.2) is 17.8 Å². The van der Waals surface area contributed by atoms with E-state index in [1.54, 1.807) is 0 Å². The van der Waals surface area contributed by atoms with Crippen LogP contribution in [0.25, 0.3) is 32.9 Å². The lowest BCUT2D eigenvalue weighted by Gasteiger charge is -2.19. The highest BCUT2D eigenvalue weighted by molar-refractivity contribution is 6.13. The molecule has 2 heterocycles. The Kier molecular flexibility index (Phi) is 3.54. The van der Waals surface area contributed by atoms with Crippen LogP contribution < -0.4 is 9.47 Å². The van der Waals surface area contributed by atoms with Gasteiger partial charge in [-0.25, -0.2) is 0 Å². The Bertz CT molecular complexity index is 1220. The van der Waals surface area contributed by atoms with E-state index in [0.29, 0.717) is 6.61 Å². The molecular formula is C23H18N2O2. The molecule has 0 amide bonds. The van der Waals surface area contributed by atoms with Crippen molar-refractivity contribution in [3.05, 3.63) is 60.2 Å². The average Bonchev–Trinajstić information content (AvgIpc) is 3.02. The summed E-state index contributed by atoms with van der Waals surface area (Å²) in [5, 5.41) is 11.4. The molecule has 3 aromatic carbocycles. The SMILES string of the molecule is Cc1cc2c3c(c1)c1ccc(-c4ccccc4)c(OCC#N)c1n3CCO2. The number of nitrogens with zero attached hydrogens (tertiary/aromatic N) is 2. The summed E-state index contributed by atoms with van der Waals surface area (Å²) in [5.74, 6) is 1.68. The zero-order valence-electron chi connectivity index (χ0n) is 15.0. The molecule has 0 saturated heterocycles. The normalized spacial score (nSPS) is 12.7. The van der Waals surface area contributed by atoms with Gasteiger partial charge in [-0.2, -0.15) is 5.26 Å². The molecule has 1 aliphatic rings. The van der Waals surface area contributed by atoms with Crippen LogP contribution in [0.2, 0.25) is 0 Å². The molecule has 4 aromatic rings. The molecule has 0 atom stereocenters. The molecule has 4 heteroatoms. The summed E-state index contributed by atoms with van der Waals surface area (Å²) in [6.07, 6.45) is 0. The molecule has 0 radical (unpaired) electrons. The first-order chi connectivity index (χ1) is 13.3. The maximum Gasteiger partial charge on any atom is 0.174 e. The Hall–Kier alpha value is -3.45. The molecule has 1 aliphatic heterocycles. The van der Waals surface area contributed by atoms with Gasteiger partial charge in [-0.3, -0.25) is 0 Å². The minimum absolute atomic E-state index is 0.0167. The second-order valence-corrected chi connectivity index (χ2v) is 6.81. The van der Waals surface area contributed by atoms with E-state index in [1.807, 2.05) is 18.2 Å². The zero-order valence-corrected chi connectivity index (χ0v) is 15.0. The number of ether oxygens (including phenoxy) is 2. The number of aromatic nitrogens is 1. The summed E-state index contributed by atoms with van der Waals surface area (Å²) in [6, 6.07) is 20.8. The van der Waals surface area contributed by atoms with Gasteiger partial charge in [0.1, 0.15) is 18.4 Å². The summed E-state index contributed by atoms with van der Waals surface area (Å²) in [4.78, 5) is 0. The predicted octanol–water partition coefficient (Wildman–Crippen LogP) is 5.06. The van der Waals surface area contributed by atoms with E-state index in [9.17, 15) is 0 Å². The fourth-order valence-corrected chi connectivity index (χ4v) is 4.07. The Morgan fingerprint density at radius 2 is 1.93 bits per heavy atom. The Morgan fingerprint density at radius 1 is 1.07 bits per heavy atom. The molecule has 1 aromatic heterocycles. The lowest BCUT2D eigenvalue weighted by atomic mass is 10.0. The van der Waals surface area contributed by atoms with Gasteiger partial charge in [-0.15, -0.1) is 0 Å². The standard InChI is InChI=1S/C23H18N2O2/c1-15-13-19-18-8-7-17(16-5-3-2-4-6-16)23(27-11-9-24)22(18)25-10-12-26-20(14-15)21(19)25/h2-8,13-14H,10-12H2,1H3. The van der Waals surface area contributed by atoms with Gasteiger partial charge in [0.05, 0.1) is 17.6 Å². The van der Waals surface area contributed by atoms with Crippen molar-refractivity contribution < 1.29 is 9.47 Å². The molecule has 27 heavy (non-hydrogen) atoms. The van der Waals surface area contributed by atoms with Crippen molar-refractivity contribution in [2.24, 2.45) is 0 Å². The first-order valence-electron chi connectivity index (χ1n) is 9.05. The van der Waals surface area contributed by atoms with Crippen molar-refractivity contribution >= 4 is 21.8 Å². The molecule has 4 nitrogen and oxygen atoms in total. The van der Waals surface area contributed by atoms with Crippen LogP contribution in [-0.2, 0) is 6.54 Å². The van der Waals surface area contributed by atoms with Gasteiger partial charge in [0, 0.05) is 16.3 Å². The fraction of sp³-hybridized carbons (Fsp3) is 0.174. The van der Waals surface area contributed by atoms with E-state index in [2.05, 4.69) is 54.0 Å². The number of fused-ring (bicyclic) bond motifs is 3. The average molecular weight is 354 g/mol. The first-order valence-corrected chi connectivity index (χ1v) is 9.05. The largest absolute Gasteiger partial charge is 0.490 e. The number of nitriles is 1. The van der Waals surface area contributed by atoms with Crippen LogP contribution in [0.4, 0.5) is 0 Å². The van der Waals surface area contributed by atoms with E-state index in [0.717, 1.165) is 45.6 Å². The topological polar surface area (TPSA) is 47.2 Å². The maximum atomic E-state index is 9.12. The number of rotatable bonds is 3. The minimum Gasteiger partial charge on any atom is -0.490 e. The van der Waals surface area contributed by atoms with E-state index >= 15 is 0 Å². The highest BCUT2D eigenvalue weighted by Crippen LogP contribution is 2.44. The van der Waals surface area contributed by atoms with Crippen LogP contribution in [0.15, 0.2) is 54.6 Å². The Balaban J connectivity index is 1.91. The summed E-state index contributed by atoms with van der Waals surface area (Å²) in [5.41, 5.74) is 5.40.